The predicted molar refractivity (Wildman–Crippen MR) is 40.9 cm³/mol. The zero-order chi connectivity index (χ0) is 8.86. The van der Waals surface area contributed by atoms with Gasteiger partial charge in [0, 0.05) is 5.54 Å². The Hall–Kier alpha value is -0.180. The SMILES string of the molecule is CC1N(C(C)(C)C)CC1(F)F. The number of halogens is 2. The highest BCUT2D eigenvalue weighted by Crippen LogP contribution is 2.38. The molecule has 1 aliphatic heterocycles. The molecular weight excluding hydrogens is 148 g/mol. The second-order valence-corrected chi connectivity index (χ2v) is 4.24. The van der Waals surface area contributed by atoms with Crippen molar-refractivity contribution in [1.82, 2.24) is 4.90 Å². The van der Waals surface area contributed by atoms with E-state index in [0.717, 1.165) is 0 Å². The smallest absolute Gasteiger partial charge is 0.275 e. The normalized spacial score (nSPS) is 31.6. The van der Waals surface area contributed by atoms with Gasteiger partial charge in [0.1, 0.15) is 0 Å². The van der Waals surface area contributed by atoms with Crippen molar-refractivity contribution in [1.29, 1.82) is 0 Å². The van der Waals surface area contributed by atoms with Crippen molar-refractivity contribution in [2.45, 2.75) is 45.2 Å². The first-order valence-corrected chi connectivity index (χ1v) is 3.90. The van der Waals surface area contributed by atoms with Gasteiger partial charge in [-0.3, -0.25) is 4.90 Å². The van der Waals surface area contributed by atoms with Crippen LogP contribution in [0.1, 0.15) is 27.7 Å². The molecule has 1 heterocycles. The van der Waals surface area contributed by atoms with E-state index in [-0.39, 0.29) is 12.1 Å². The van der Waals surface area contributed by atoms with E-state index < -0.39 is 12.0 Å². The fourth-order valence-electron chi connectivity index (χ4n) is 1.43. The molecule has 0 bridgehead atoms. The van der Waals surface area contributed by atoms with Crippen LogP contribution in [0.25, 0.3) is 0 Å². The number of alkyl halides is 2. The molecule has 1 rings (SSSR count). The van der Waals surface area contributed by atoms with Crippen molar-refractivity contribution in [3.63, 3.8) is 0 Å². The van der Waals surface area contributed by atoms with Crippen molar-refractivity contribution in [2.75, 3.05) is 6.54 Å². The largest absolute Gasteiger partial charge is 0.284 e. The van der Waals surface area contributed by atoms with E-state index in [1.165, 1.54) is 0 Å². The molecule has 1 unspecified atom stereocenters. The summed E-state index contributed by atoms with van der Waals surface area (Å²) in [5.41, 5.74) is -0.124. The van der Waals surface area contributed by atoms with Crippen molar-refractivity contribution >= 4 is 0 Å². The van der Waals surface area contributed by atoms with Gasteiger partial charge >= 0.3 is 0 Å². The van der Waals surface area contributed by atoms with E-state index in [0.29, 0.717) is 0 Å². The van der Waals surface area contributed by atoms with E-state index in [9.17, 15) is 8.78 Å². The third-order valence-corrected chi connectivity index (χ3v) is 2.32. The number of likely N-dealkylation sites (tertiary alicyclic amines) is 1. The number of hydrogen-bond acceptors (Lipinski definition) is 1. The molecule has 0 aromatic carbocycles. The fourth-order valence-corrected chi connectivity index (χ4v) is 1.43. The summed E-state index contributed by atoms with van der Waals surface area (Å²) in [5.74, 6) is -2.46. The van der Waals surface area contributed by atoms with E-state index >= 15 is 0 Å². The molecule has 0 aromatic heterocycles. The van der Waals surface area contributed by atoms with Gasteiger partial charge in [0.25, 0.3) is 5.92 Å². The van der Waals surface area contributed by atoms with Gasteiger partial charge in [0.2, 0.25) is 0 Å². The Kier molecular flexibility index (Phi) is 1.75. The number of hydrogen-bond donors (Lipinski definition) is 0. The van der Waals surface area contributed by atoms with E-state index in [1.54, 1.807) is 6.92 Å². The minimum absolute atomic E-state index is 0.0856. The van der Waals surface area contributed by atoms with Crippen LogP contribution in [-0.2, 0) is 0 Å². The van der Waals surface area contributed by atoms with Gasteiger partial charge in [-0.2, -0.15) is 0 Å². The highest BCUT2D eigenvalue weighted by Gasteiger charge is 2.54. The molecule has 0 aliphatic carbocycles. The maximum atomic E-state index is 12.7. The topological polar surface area (TPSA) is 3.24 Å². The quantitative estimate of drug-likeness (QED) is 0.528. The lowest BCUT2D eigenvalue weighted by Gasteiger charge is -2.52. The maximum absolute atomic E-state index is 12.7. The molecule has 0 saturated carbocycles. The maximum Gasteiger partial charge on any atom is 0.275 e. The summed E-state index contributed by atoms with van der Waals surface area (Å²) >= 11 is 0. The van der Waals surface area contributed by atoms with E-state index in [4.69, 9.17) is 0 Å². The van der Waals surface area contributed by atoms with Crippen LogP contribution in [0.3, 0.4) is 0 Å². The van der Waals surface area contributed by atoms with E-state index in [2.05, 4.69) is 0 Å². The van der Waals surface area contributed by atoms with Crippen LogP contribution in [0.2, 0.25) is 0 Å². The van der Waals surface area contributed by atoms with Crippen molar-refractivity contribution < 1.29 is 8.78 Å². The molecule has 3 heteroatoms. The summed E-state index contributed by atoms with van der Waals surface area (Å²) in [6, 6.07) is -0.595. The Bertz CT molecular complexity index is 160. The lowest BCUT2D eigenvalue weighted by atomic mass is 9.91. The summed E-state index contributed by atoms with van der Waals surface area (Å²) in [4.78, 5) is 1.81. The summed E-state index contributed by atoms with van der Waals surface area (Å²) in [6.45, 7) is 7.36. The van der Waals surface area contributed by atoms with E-state index in [1.807, 2.05) is 25.7 Å². The lowest BCUT2D eigenvalue weighted by Crippen LogP contribution is -2.68. The van der Waals surface area contributed by atoms with Crippen molar-refractivity contribution in [3.05, 3.63) is 0 Å². The highest BCUT2D eigenvalue weighted by atomic mass is 19.3. The first-order chi connectivity index (χ1) is 4.75. The number of nitrogens with zero attached hydrogens (tertiary/aromatic N) is 1. The molecule has 0 amide bonds. The zero-order valence-electron chi connectivity index (χ0n) is 7.49. The molecule has 66 valence electrons. The van der Waals surface area contributed by atoms with Gasteiger partial charge < -0.3 is 0 Å². The van der Waals surface area contributed by atoms with Crippen LogP contribution in [0.4, 0.5) is 8.78 Å². The molecule has 1 nitrogen and oxygen atoms in total. The molecule has 1 fully saturated rings. The predicted octanol–water partition coefficient (Wildman–Crippen LogP) is 2.12. The van der Waals surface area contributed by atoms with Gasteiger partial charge in [-0.1, -0.05) is 0 Å². The molecule has 0 spiro atoms. The number of rotatable bonds is 0. The molecule has 1 atom stereocenters. The van der Waals surface area contributed by atoms with Gasteiger partial charge in [-0.05, 0) is 27.7 Å². The second kappa shape index (κ2) is 2.16. The molecule has 1 saturated heterocycles. The Balaban J connectivity index is 2.59. The Morgan fingerprint density at radius 3 is 1.91 bits per heavy atom. The Morgan fingerprint density at radius 1 is 1.36 bits per heavy atom. The second-order valence-electron chi connectivity index (χ2n) is 4.24. The monoisotopic (exact) mass is 163 g/mol. The third kappa shape index (κ3) is 1.39. The van der Waals surface area contributed by atoms with Gasteiger partial charge in [0.05, 0.1) is 12.6 Å². The minimum atomic E-state index is -2.46. The summed E-state index contributed by atoms with van der Waals surface area (Å²) in [7, 11) is 0. The molecule has 1 aliphatic rings. The lowest BCUT2D eigenvalue weighted by molar-refractivity contribution is -0.204. The van der Waals surface area contributed by atoms with Gasteiger partial charge in [-0.15, -0.1) is 0 Å². The van der Waals surface area contributed by atoms with Crippen LogP contribution >= 0.6 is 0 Å². The van der Waals surface area contributed by atoms with Crippen LogP contribution < -0.4 is 0 Å². The highest BCUT2D eigenvalue weighted by molar-refractivity contribution is 5.00. The van der Waals surface area contributed by atoms with Crippen LogP contribution in [0.15, 0.2) is 0 Å². The van der Waals surface area contributed by atoms with Crippen molar-refractivity contribution in [2.24, 2.45) is 0 Å². The van der Waals surface area contributed by atoms with Crippen LogP contribution in [0.5, 0.6) is 0 Å². The van der Waals surface area contributed by atoms with Gasteiger partial charge in [0.15, 0.2) is 0 Å². The minimum Gasteiger partial charge on any atom is -0.284 e. The molecule has 0 radical (unpaired) electrons. The summed E-state index contributed by atoms with van der Waals surface area (Å²) < 4.78 is 25.3. The first kappa shape index (κ1) is 8.91. The van der Waals surface area contributed by atoms with Gasteiger partial charge in [-0.25, -0.2) is 8.78 Å². The fraction of sp³-hybridized carbons (Fsp3) is 1.00. The first-order valence-electron chi connectivity index (χ1n) is 3.90. The summed E-state index contributed by atoms with van der Waals surface area (Å²) in [6.07, 6.45) is 0. The van der Waals surface area contributed by atoms with Crippen LogP contribution in [0, 0.1) is 0 Å². The zero-order valence-corrected chi connectivity index (χ0v) is 7.49. The molecule has 11 heavy (non-hydrogen) atoms. The Labute approximate surface area is 66.4 Å². The van der Waals surface area contributed by atoms with Crippen LogP contribution in [-0.4, -0.2) is 28.9 Å². The molecular formula is C8H15F2N. The van der Waals surface area contributed by atoms with Crippen molar-refractivity contribution in [3.8, 4) is 0 Å². The summed E-state index contributed by atoms with van der Waals surface area (Å²) in [5, 5.41) is 0. The third-order valence-electron chi connectivity index (χ3n) is 2.32. The average molecular weight is 163 g/mol. The molecule has 0 N–H and O–H groups in total. The Morgan fingerprint density at radius 2 is 1.82 bits per heavy atom. The average Bonchev–Trinajstić information content (AvgIpc) is 1.80. The molecule has 0 aromatic rings. The standard InChI is InChI=1S/C8H15F2N/c1-6-8(9,10)5-11(6)7(2,3)4/h6H,5H2,1-4H3.